The van der Waals surface area contributed by atoms with E-state index in [1.54, 1.807) is 18.2 Å². The summed E-state index contributed by atoms with van der Waals surface area (Å²) in [5.74, 6) is -0.920. The molecule has 0 aliphatic heterocycles. The highest BCUT2D eigenvalue weighted by molar-refractivity contribution is 7.18. The number of rotatable bonds is 1. The number of hydrogen-bond donors (Lipinski definition) is 1. The molecule has 0 atom stereocenters. The lowest BCUT2D eigenvalue weighted by Gasteiger charge is -1.94. The number of thiophene rings is 1. The minimum Gasteiger partial charge on any atom is -0.478 e. The fourth-order valence-corrected chi connectivity index (χ4v) is 2.59. The van der Waals surface area contributed by atoms with Crippen molar-refractivity contribution in [2.24, 2.45) is 0 Å². The SMILES string of the molecule is O=C(O)c1cccc2oc3ccsc3c12. The lowest BCUT2D eigenvalue weighted by atomic mass is 10.1. The highest BCUT2D eigenvalue weighted by atomic mass is 32.1. The van der Waals surface area contributed by atoms with Gasteiger partial charge in [-0.15, -0.1) is 11.3 Å². The number of hydrogen-bond acceptors (Lipinski definition) is 3. The van der Waals surface area contributed by atoms with E-state index in [2.05, 4.69) is 0 Å². The zero-order valence-corrected chi connectivity index (χ0v) is 8.38. The van der Waals surface area contributed by atoms with E-state index in [1.165, 1.54) is 11.3 Å². The van der Waals surface area contributed by atoms with Crippen LogP contribution in [0.4, 0.5) is 0 Å². The molecule has 0 amide bonds. The Hall–Kier alpha value is -1.81. The van der Waals surface area contributed by atoms with E-state index in [9.17, 15) is 4.79 Å². The lowest BCUT2D eigenvalue weighted by Crippen LogP contribution is -1.95. The average Bonchev–Trinajstić information content (AvgIpc) is 2.75. The summed E-state index contributed by atoms with van der Waals surface area (Å²) in [7, 11) is 0. The van der Waals surface area contributed by atoms with E-state index in [0.717, 1.165) is 10.3 Å². The van der Waals surface area contributed by atoms with Crippen LogP contribution >= 0.6 is 11.3 Å². The number of aromatic carboxylic acids is 1. The van der Waals surface area contributed by atoms with Gasteiger partial charge in [0.2, 0.25) is 0 Å². The molecule has 0 saturated heterocycles. The number of benzene rings is 1. The minimum absolute atomic E-state index is 0.300. The van der Waals surface area contributed by atoms with Gasteiger partial charge >= 0.3 is 5.97 Å². The van der Waals surface area contributed by atoms with Crippen LogP contribution in [0.3, 0.4) is 0 Å². The Morgan fingerprint density at radius 1 is 1.27 bits per heavy atom. The molecule has 3 nitrogen and oxygen atoms in total. The standard InChI is InChI=1S/C11H6O3S/c12-11(13)6-2-1-3-7-9(6)10-8(14-7)4-5-15-10/h1-5H,(H,12,13). The monoisotopic (exact) mass is 218 g/mol. The first kappa shape index (κ1) is 8.49. The van der Waals surface area contributed by atoms with Crippen molar-refractivity contribution in [3.05, 3.63) is 35.2 Å². The van der Waals surface area contributed by atoms with Crippen molar-refractivity contribution in [3.8, 4) is 0 Å². The molecule has 0 saturated carbocycles. The van der Waals surface area contributed by atoms with Gasteiger partial charge in [0.25, 0.3) is 0 Å². The van der Waals surface area contributed by atoms with Gasteiger partial charge < -0.3 is 9.52 Å². The van der Waals surface area contributed by atoms with Gasteiger partial charge in [-0.25, -0.2) is 4.79 Å². The molecular formula is C11H6O3S. The summed E-state index contributed by atoms with van der Waals surface area (Å²) in [4.78, 5) is 11.0. The number of fused-ring (bicyclic) bond motifs is 3. The fraction of sp³-hybridized carbons (Fsp3) is 0. The molecule has 0 fully saturated rings. The smallest absolute Gasteiger partial charge is 0.336 e. The number of carbonyl (C=O) groups is 1. The Morgan fingerprint density at radius 3 is 2.93 bits per heavy atom. The predicted molar refractivity (Wildman–Crippen MR) is 58.6 cm³/mol. The Morgan fingerprint density at radius 2 is 2.13 bits per heavy atom. The molecule has 1 aromatic carbocycles. The van der Waals surface area contributed by atoms with Crippen molar-refractivity contribution in [2.75, 3.05) is 0 Å². The second kappa shape index (κ2) is 2.84. The van der Waals surface area contributed by atoms with Crippen LogP contribution in [0.2, 0.25) is 0 Å². The maximum Gasteiger partial charge on any atom is 0.336 e. The second-order valence-corrected chi connectivity index (χ2v) is 4.12. The molecule has 3 aromatic rings. The first-order valence-corrected chi connectivity index (χ1v) is 5.27. The van der Waals surface area contributed by atoms with Crippen molar-refractivity contribution in [1.29, 1.82) is 0 Å². The minimum atomic E-state index is -0.920. The topological polar surface area (TPSA) is 50.4 Å². The van der Waals surface area contributed by atoms with Crippen molar-refractivity contribution < 1.29 is 14.3 Å². The molecule has 0 bridgehead atoms. The highest BCUT2D eigenvalue weighted by Crippen LogP contribution is 2.34. The molecule has 2 aromatic heterocycles. The summed E-state index contributed by atoms with van der Waals surface area (Å²) in [6, 6.07) is 6.93. The van der Waals surface area contributed by atoms with Crippen LogP contribution < -0.4 is 0 Å². The zero-order valence-electron chi connectivity index (χ0n) is 7.56. The van der Waals surface area contributed by atoms with Gasteiger partial charge in [-0.1, -0.05) is 6.07 Å². The predicted octanol–water partition coefficient (Wildman–Crippen LogP) is 3.35. The third kappa shape index (κ3) is 1.08. The third-order valence-electron chi connectivity index (χ3n) is 2.33. The van der Waals surface area contributed by atoms with Crippen LogP contribution in [0, 0.1) is 0 Å². The van der Waals surface area contributed by atoms with Crippen LogP contribution in [0.25, 0.3) is 21.3 Å². The molecule has 0 aliphatic carbocycles. The van der Waals surface area contributed by atoms with Gasteiger partial charge in [0, 0.05) is 0 Å². The largest absolute Gasteiger partial charge is 0.478 e. The molecule has 0 aliphatic rings. The Labute approximate surface area is 88.6 Å². The fourth-order valence-electron chi connectivity index (χ4n) is 1.71. The number of furan rings is 1. The molecule has 15 heavy (non-hydrogen) atoms. The summed E-state index contributed by atoms with van der Waals surface area (Å²) >= 11 is 1.50. The highest BCUT2D eigenvalue weighted by Gasteiger charge is 2.15. The molecule has 2 heterocycles. The zero-order chi connectivity index (χ0) is 10.4. The average molecular weight is 218 g/mol. The Kier molecular flexibility index (Phi) is 1.61. The Bertz CT molecular complexity index is 663. The van der Waals surface area contributed by atoms with E-state index >= 15 is 0 Å². The molecule has 3 rings (SSSR count). The molecule has 0 radical (unpaired) electrons. The van der Waals surface area contributed by atoms with Gasteiger partial charge in [-0.05, 0) is 23.6 Å². The molecular weight excluding hydrogens is 212 g/mol. The summed E-state index contributed by atoms with van der Waals surface area (Å²) in [6.07, 6.45) is 0. The molecule has 0 spiro atoms. The van der Waals surface area contributed by atoms with Gasteiger partial charge in [-0.3, -0.25) is 0 Å². The quantitative estimate of drug-likeness (QED) is 0.681. The van der Waals surface area contributed by atoms with Crippen molar-refractivity contribution in [1.82, 2.24) is 0 Å². The second-order valence-electron chi connectivity index (χ2n) is 3.20. The molecule has 4 heteroatoms. The van der Waals surface area contributed by atoms with Gasteiger partial charge in [0.15, 0.2) is 0 Å². The maximum atomic E-state index is 11.0. The number of carboxylic acid groups (broad SMARTS) is 1. The molecule has 1 N–H and O–H groups in total. The van der Waals surface area contributed by atoms with Crippen LogP contribution in [0.1, 0.15) is 10.4 Å². The van der Waals surface area contributed by atoms with Crippen molar-refractivity contribution >= 4 is 38.6 Å². The van der Waals surface area contributed by atoms with Gasteiger partial charge in [-0.2, -0.15) is 0 Å². The van der Waals surface area contributed by atoms with E-state index in [4.69, 9.17) is 9.52 Å². The molecule has 0 unspecified atom stereocenters. The van der Waals surface area contributed by atoms with Crippen LogP contribution in [-0.4, -0.2) is 11.1 Å². The lowest BCUT2D eigenvalue weighted by molar-refractivity contribution is 0.0699. The van der Waals surface area contributed by atoms with Crippen molar-refractivity contribution in [3.63, 3.8) is 0 Å². The van der Waals surface area contributed by atoms with Crippen LogP contribution in [-0.2, 0) is 0 Å². The molecule has 74 valence electrons. The summed E-state index contributed by atoms with van der Waals surface area (Å²) in [5, 5.41) is 11.7. The Balaban J connectivity index is 2.58. The third-order valence-corrected chi connectivity index (χ3v) is 3.25. The maximum absolute atomic E-state index is 11.0. The summed E-state index contributed by atoms with van der Waals surface area (Å²) in [6.45, 7) is 0. The summed E-state index contributed by atoms with van der Waals surface area (Å²) < 4.78 is 6.44. The van der Waals surface area contributed by atoms with E-state index in [-0.39, 0.29) is 0 Å². The van der Waals surface area contributed by atoms with Crippen LogP contribution in [0.15, 0.2) is 34.1 Å². The first-order valence-electron chi connectivity index (χ1n) is 4.39. The van der Waals surface area contributed by atoms with Crippen LogP contribution in [0.5, 0.6) is 0 Å². The normalized spacial score (nSPS) is 11.2. The van der Waals surface area contributed by atoms with E-state index in [0.29, 0.717) is 16.5 Å². The van der Waals surface area contributed by atoms with Crippen molar-refractivity contribution in [2.45, 2.75) is 0 Å². The van der Waals surface area contributed by atoms with Gasteiger partial charge in [0.05, 0.1) is 15.6 Å². The van der Waals surface area contributed by atoms with Gasteiger partial charge in [0.1, 0.15) is 11.2 Å². The van der Waals surface area contributed by atoms with E-state index < -0.39 is 5.97 Å². The number of carboxylic acids is 1. The van der Waals surface area contributed by atoms with E-state index in [1.807, 2.05) is 11.4 Å². The first-order chi connectivity index (χ1) is 7.27. The summed E-state index contributed by atoms with van der Waals surface area (Å²) in [5.41, 5.74) is 1.69.